The van der Waals surface area contributed by atoms with Crippen LogP contribution in [0.1, 0.15) is 6.92 Å². The normalized spacial score (nSPS) is 14.0. The van der Waals surface area contributed by atoms with Gasteiger partial charge in [0.15, 0.2) is 11.5 Å². The smallest absolute Gasteiger partial charge is 0.243 e. The molecule has 8 nitrogen and oxygen atoms in total. The third-order valence-electron chi connectivity index (χ3n) is 4.35. The van der Waals surface area contributed by atoms with Gasteiger partial charge in [0.2, 0.25) is 15.9 Å². The van der Waals surface area contributed by atoms with Crippen LogP contribution in [0.15, 0.2) is 42.5 Å². The van der Waals surface area contributed by atoms with Gasteiger partial charge in [0.25, 0.3) is 0 Å². The predicted molar refractivity (Wildman–Crippen MR) is 109 cm³/mol. The first-order chi connectivity index (χ1) is 14.3. The molecule has 30 heavy (non-hydrogen) atoms. The van der Waals surface area contributed by atoms with Gasteiger partial charge in [-0.05, 0) is 43.3 Å². The van der Waals surface area contributed by atoms with Gasteiger partial charge in [0, 0.05) is 6.07 Å². The standard InChI is InChI=1S/C20H23FN2O6S/c1-14(20(24)22-9-10-27-17-6-3-15(21)4-7-17)23(30(2,25)26)16-5-8-18-19(13-16)29-12-11-28-18/h3-8,13-14H,9-12H2,1-2H3,(H,22,24). The summed E-state index contributed by atoms with van der Waals surface area (Å²) >= 11 is 0. The summed E-state index contributed by atoms with van der Waals surface area (Å²) in [6.07, 6.45) is 1.03. The van der Waals surface area contributed by atoms with E-state index in [0.717, 1.165) is 10.6 Å². The summed E-state index contributed by atoms with van der Waals surface area (Å²) in [6, 6.07) is 9.21. The Labute approximate surface area is 174 Å². The second-order valence-electron chi connectivity index (χ2n) is 6.66. The third-order valence-corrected chi connectivity index (χ3v) is 5.59. The molecule has 1 heterocycles. The molecule has 0 aromatic heterocycles. The van der Waals surface area contributed by atoms with Crippen molar-refractivity contribution in [2.75, 3.05) is 36.9 Å². The SMILES string of the molecule is CC(C(=O)NCCOc1ccc(F)cc1)N(c1ccc2c(c1)OCCO2)S(C)(=O)=O. The van der Waals surface area contributed by atoms with Gasteiger partial charge in [0.1, 0.15) is 37.4 Å². The number of rotatable bonds is 8. The van der Waals surface area contributed by atoms with Crippen LogP contribution in [-0.2, 0) is 14.8 Å². The van der Waals surface area contributed by atoms with Crippen LogP contribution in [0.4, 0.5) is 10.1 Å². The lowest BCUT2D eigenvalue weighted by molar-refractivity contribution is -0.121. The molecule has 0 aliphatic carbocycles. The fraction of sp³-hybridized carbons (Fsp3) is 0.350. The van der Waals surface area contributed by atoms with E-state index in [0.29, 0.717) is 36.1 Å². The van der Waals surface area contributed by atoms with Gasteiger partial charge in [-0.2, -0.15) is 0 Å². The van der Waals surface area contributed by atoms with E-state index in [4.69, 9.17) is 14.2 Å². The highest BCUT2D eigenvalue weighted by molar-refractivity contribution is 7.92. The number of hydrogen-bond donors (Lipinski definition) is 1. The van der Waals surface area contributed by atoms with Crippen LogP contribution in [0, 0.1) is 5.82 Å². The lowest BCUT2D eigenvalue weighted by Crippen LogP contribution is -2.48. The third kappa shape index (κ3) is 5.32. The summed E-state index contributed by atoms with van der Waals surface area (Å²) in [7, 11) is -3.76. The average Bonchev–Trinajstić information content (AvgIpc) is 2.71. The number of halogens is 1. The van der Waals surface area contributed by atoms with E-state index >= 15 is 0 Å². The molecule has 0 saturated carbocycles. The Morgan fingerprint density at radius 1 is 1.17 bits per heavy atom. The quantitative estimate of drug-likeness (QED) is 0.633. The minimum absolute atomic E-state index is 0.146. The van der Waals surface area contributed by atoms with Gasteiger partial charge in [-0.15, -0.1) is 0 Å². The molecule has 1 N–H and O–H groups in total. The Morgan fingerprint density at radius 3 is 2.50 bits per heavy atom. The van der Waals surface area contributed by atoms with Crippen molar-refractivity contribution < 1.29 is 31.8 Å². The van der Waals surface area contributed by atoms with Gasteiger partial charge in [0.05, 0.1) is 18.5 Å². The Balaban J connectivity index is 1.64. The van der Waals surface area contributed by atoms with Crippen LogP contribution in [0.3, 0.4) is 0 Å². The summed E-state index contributed by atoms with van der Waals surface area (Å²) < 4.78 is 55.1. The summed E-state index contributed by atoms with van der Waals surface area (Å²) in [4.78, 5) is 12.6. The average molecular weight is 438 g/mol. The van der Waals surface area contributed by atoms with Crippen LogP contribution in [0.5, 0.6) is 17.2 Å². The molecule has 1 amide bonds. The zero-order chi connectivity index (χ0) is 21.7. The summed E-state index contributed by atoms with van der Waals surface area (Å²) in [6.45, 7) is 2.57. The van der Waals surface area contributed by atoms with Crippen LogP contribution in [-0.4, -0.2) is 53.0 Å². The largest absolute Gasteiger partial charge is 0.492 e. The van der Waals surface area contributed by atoms with Crippen molar-refractivity contribution in [3.05, 3.63) is 48.3 Å². The molecule has 10 heteroatoms. The van der Waals surface area contributed by atoms with Crippen molar-refractivity contribution in [2.45, 2.75) is 13.0 Å². The fourth-order valence-electron chi connectivity index (χ4n) is 3.00. The topological polar surface area (TPSA) is 94.2 Å². The number of hydrogen-bond acceptors (Lipinski definition) is 6. The highest BCUT2D eigenvalue weighted by atomic mass is 32.2. The molecule has 1 aliphatic heterocycles. The maximum Gasteiger partial charge on any atom is 0.243 e. The predicted octanol–water partition coefficient (Wildman–Crippen LogP) is 1.95. The molecule has 162 valence electrons. The van der Waals surface area contributed by atoms with Crippen molar-refractivity contribution in [1.82, 2.24) is 5.32 Å². The zero-order valence-electron chi connectivity index (χ0n) is 16.6. The van der Waals surface area contributed by atoms with E-state index in [1.807, 2.05) is 0 Å². The summed E-state index contributed by atoms with van der Waals surface area (Å²) in [5, 5.41) is 2.65. The number of carbonyl (C=O) groups excluding carboxylic acids is 1. The van der Waals surface area contributed by atoms with Crippen molar-refractivity contribution in [3.63, 3.8) is 0 Å². The molecule has 0 radical (unpaired) electrons. The molecule has 0 fully saturated rings. The first kappa shape index (κ1) is 21.7. The van der Waals surface area contributed by atoms with E-state index in [1.165, 1.54) is 37.3 Å². The van der Waals surface area contributed by atoms with Gasteiger partial charge < -0.3 is 19.5 Å². The maximum absolute atomic E-state index is 12.9. The van der Waals surface area contributed by atoms with E-state index in [-0.39, 0.29) is 19.0 Å². The molecule has 2 aromatic rings. The number of sulfonamides is 1. The number of nitrogens with one attached hydrogen (secondary N) is 1. The monoisotopic (exact) mass is 438 g/mol. The van der Waals surface area contributed by atoms with Gasteiger partial charge >= 0.3 is 0 Å². The van der Waals surface area contributed by atoms with E-state index in [2.05, 4.69) is 5.32 Å². The van der Waals surface area contributed by atoms with Crippen molar-refractivity contribution in [2.24, 2.45) is 0 Å². The van der Waals surface area contributed by atoms with Crippen LogP contribution in [0.2, 0.25) is 0 Å². The second-order valence-corrected chi connectivity index (χ2v) is 8.52. The molecule has 2 aromatic carbocycles. The molecule has 1 unspecified atom stereocenters. The minimum Gasteiger partial charge on any atom is -0.492 e. The Hall–Kier alpha value is -3.01. The molecular formula is C20H23FN2O6S. The molecule has 0 saturated heterocycles. The van der Waals surface area contributed by atoms with Gasteiger partial charge in [-0.3, -0.25) is 9.10 Å². The summed E-state index contributed by atoms with van der Waals surface area (Å²) in [5.41, 5.74) is 0.298. The highest BCUT2D eigenvalue weighted by Gasteiger charge is 2.30. The van der Waals surface area contributed by atoms with E-state index in [9.17, 15) is 17.6 Å². The number of fused-ring (bicyclic) bond motifs is 1. The number of amides is 1. The first-order valence-electron chi connectivity index (χ1n) is 9.31. The molecule has 1 aliphatic rings. The molecule has 0 bridgehead atoms. The number of anilines is 1. The Bertz CT molecular complexity index is 997. The number of nitrogens with zero attached hydrogens (tertiary/aromatic N) is 1. The summed E-state index contributed by atoms with van der Waals surface area (Å²) in [5.74, 6) is 0.552. The molecule has 1 atom stereocenters. The zero-order valence-corrected chi connectivity index (χ0v) is 17.4. The lowest BCUT2D eigenvalue weighted by atomic mass is 10.2. The fourth-order valence-corrected chi connectivity index (χ4v) is 4.17. The maximum atomic E-state index is 12.9. The van der Waals surface area contributed by atoms with Crippen LogP contribution < -0.4 is 23.8 Å². The van der Waals surface area contributed by atoms with Crippen molar-refractivity contribution >= 4 is 21.6 Å². The number of carbonyl (C=O) groups is 1. The lowest BCUT2D eigenvalue weighted by Gasteiger charge is -2.29. The van der Waals surface area contributed by atoms with E-state index in [1.54, 1.807) is 12.1 Å². The Kier molecular flexibility index (Phi) is 6.66. The van der Waals surface area contributed by atoms with Crippen LogP contribution >= 0.6 is 0 Å². The number of benzene rings is 2. The van der Waals surface area contributed by atoms with Crippen molar-refractivity contribution in [1.29, 1.82) is 0 Å². The first-order valence-corrected chi connectivity index (χ1v) is 11.2. The Morgan fingerprint density at radius 2 is 1.83 bits per heavy atom. The molecular weight excluding hydrogens is 415 g/mol. The van der Waals surface area contributed by atoms with E-state index < -0.39 is 22.0 Å². The second kappa shape index (κ2) is 9.21. The minimum atomic E-state index is -3.76. The number of ether oxygens (including phenoxy) is 3. The molecule has 3 rings (SSSR count). The van der Waals surface area contributed by atoms with Gasteiger partial charge in [-0.25, -0.2) is 12.8 Å². The van der Waals surface area contributed by atoms with Crippen molar-refractivity contribution in [3.8, 4) is 17.2 Å². The molecule has 0 spiro atoms. The van der Waals surface area contributed by atoms with Gasteiger partial charge in [-0.1, -0.05) is 0 Å². The highest BCUT2D eigenvalue weighted by Crippen LogP contribution is 2.35. The van der Waals surface area contributed by atoms with Crippen LogP contribution in [0.25, 0.3) is 0 Å².